The quantitative estimate of drug-likeness (QED) is 0.526. The van der Waals surface area contributed by atoms with Crippen LogP contribution in [0.2, 0.25) is 0 Å². The van der Waals surface area contributed by atoms with Crippen molar-refractivity contribution in [3.63, 3.8) is 0 Å². The van der Waals surface area contributed by atoms with Gasteiger partial charge in [0.15, 0.2) is 5.78 Å². The van der Waals surface area contributed by atoms with Crippen molar-refractivity contribution in [1.29, 1.82) is 0 Å². The molecule has 0 radical (unpaired) electrons. The summed E-state index contributed by atoms with van der Waals surface area (Å²) in [5.41, 5.74) is 3.99. The van der Waals surface area contributed by atoms with Crippen molar-refractivity contribution < 1.29 is 9.53 Å². The smallest absolute Gasteiger partial charge is 0.163 e. The Bertz CT molecular complexity index is 872. The highest BCUT2D eigenvalue weighted by Crippen LogP contribution is 2.64. The Labute approximate surface area is 188 Å². The highest BCUT2D eigenvalue weighted by molar-refractivity contribution is 6.02. The summed E-state index contributed by atoms with van der Waals surface area (Å²) >= 11 is 0. The van der Waals surface area contributed by atoms with E-state index in [1.165, 1.54) is 30.4 Å². The van der Waals surface area contributed by atoms with Crippen molar-refractivity contribution in [3.8, 4) is 0 Å². The summed E-state index contributed by atoms with van der Waals surface area (Å²) in [5.74, 6) is 3.57. The normalized spacial score (nSPS) is 53.7. The third-order valence-electron chi connectivity index (χ3n) is 10.9. The minimum absolute atomic E-state index is 0.0947. The van der Waals surface area contributed by atoms with E-state index < -0.39 is 0 Å². The maximum Gasteiger partial charge on any atom is 0.163 e. The fourth-order valence-corrected chi connectivity index (χ4v) is 9.13. The van der Waals surface area contributed by atoms with Gasteiger partial charge in [0.1, 0.15) is 0 Å². The molecule has 2 heterocycles. The van der Waals surface area contributed by atoms with E-state index in [-0.39, 0.29) is 16.9 Å². The van der Waals surface area contributed by atoms with Gasteiger partial charge in [-0.2, -0.15) is 0 Å². The lowest BCUT2D eigenvalue weighted by Crippen LogP contribution is -2.49. The van der Waals surface area contributed by atoms with Crippen LogP contribution >= 0.6 is 0 Å². The van der Waals surface area contributed by atoms with Gasteiger partial charge in [0, 0.05) is 23.5 Å². The minimum Gasteiger partial charge on any atom is -0.365 e. The van der Waals surface area contributed by atoms with Crippen LogP contribution in [-0.2, 0) is 9.53 Å². The first kappa shape index (κ1) is 20.7. The van der Waals surface area contributed by atoms with E-state index in [0.29, 0.717) is 41.6 Å². The molecule has 10 unspecified atom stereocenters. The monoisotopic (exact) mass is 423 g/mol. The van der Waals surface area contributed by atoms with Gasteiger partial charge in [-0.15, -0.1) is 0 Å². The average molecular weight is 424 g/mol. The second-order valence-corrected chi connectivity index (χ2v) is 12.5. The maximum absolute atomic E-state index is 14.2. The Morgan fingerprint density at radius 2 is 1.94 bits per heavy atom. The fraction of sp³-hybridized carbons (Fsp3) is 0.821. The second kappa shape index (κ2) is 6.79. The molecule has 2 saturated carbocycles. The van der Waals surface area contributed by atoms with Crippen LogP contribution in [0.1, 0.15) is 79.6 Å². The van der Waals surface area contributed by atoms with Crippen LogP contribution in [0.3, 0.4) is 0 Å². The number of piperidine rings is 1. The topological polar surface area (TPSA) is 38.3 Å². The SMILES string of the molecule is CC1=C2C(=O)C3C(CC=C4CC(C)CCC43C)C2CCC12OC1CC(C)CNC1C2C. The van der Waals surface area contributed by atoms with Crippen LogP contribution in [0.15, 0.2) is 22.8 Å². The molecule has 2 saturated heterocycles. The number of hydrogen-bond acceptors (Lipinski definition) is 3. The predicted molar refractivity (Wildman–Crippen MR) is 124 cm³/mol. The van der Waals surface area contributed by atoms with Gasteiger partial charge in [0.05, 0.1) is 11.7 Å². The lowest BCUT2D eigenvalue weighted by atomic mass is 9.55. The van der Waals surface area contributed by atoms with E-state index in [9.17, 15) is 4.79 Å². The van der Waals surface area contributed by atoms with Crippen molar-refractivity contribution in [2.75, 3.05) is 6.54 Å². The van der Waals surface area contributed by atoms with E-state index in [0.717, 1.165) is 38.1 Å². The Morgan fingerprint density at radius 3 is 2.74 bits per heavy atom. The Morgan fingerprint density at radius 1 is 1.13 bits per heavy atom. The molecule has 2 aliphatic heterocycles. The lowest BCUT2D eigenvalue weighted by molar-refractivity contribution is -0.123. The van der Waals surface area contributed by atoms with Gasteiger partial charge in [-0.3, -0.25) is 4.79 Å². The van der Waals surface area contributed by atoms with E-state index in [4.69, 9.17) is 4.74 Å². The molecule has 10 atom stereocenters. The molecule has 1 N–H and O–H groups in total. The highest BCUT2D eigenvalue weighted by atomic mass is 16.5. The first-order valence-corrected chi connectivity index (χ1v) is 13.1. The summed E-state index contributed by atoms with van der Waals surface area (Å²) in [4.78, 5) is 14.2. The average Bonchev–Trinajstić information content (AvgIpc) is 3.18. The molecule has 3 heteroatoms. The minimum atomic E-state index is -0.223. The zero-order valence-electron chi connectivity index (χ0n) is 20.2. The van der Waals surface area contributed by atoms with Crippen LogP contribution in [0.4, 0.5) is 0 Å². The summed E-state index contributed by atoms with van der Waals surface area (Å²) < 4.78 is 6.96. The molecule has 3 nitrogen and oxygen atoms in total. The van der Waals surface area contributed by atoms with Crippen molar-refractivity contribution in [3.05, 3.63) is 22.8 Å². The van der Waals surface area contributed by atoms with Gasteiger partial charge >= 0.3 is 0 Å². The van der Waals surface area contributed by atoms with Crippen LogP contribution < -0.4 is 5.32 Å². The van der Waals surface area contributed by atoms with Crippen LogP contribution in [0.25, 0.3) is 0 Å². The number of nitrogens with one attached hydrogen (secondary N) is 1. The molecule has 6 rings (SSSR count). The van der Waals surface area contributed by atoms with Crippen LogP contribution in [0, 0.1) is 40.9 Å². The lowest BCUT2D eigenvalue weighted by Gasteiger charge is -2.48. The molecule has 0 aromatic rings. The number of carbonyl (C=O) groups excluding carboxylic acids is 1. The van der Waals surface area contributed by atoms with Crippen molar-refractivity contribution in [1.82, 2.24) is 5.32 Å². The number of ether oxygens (including phenoxy) is 1. The summed E-state index contributed by atoms with van der Waals surface area (Å²) in [6.45, 7) is 12.9. The predicted octanol–water partition coefficient (Wildman–Crippen LogP) is 5.46. The molecular formula is C28H41NO2. The van der Waals surface area contributed by atoms with E-state index >= 15 is 0 Å². The molecule has 6 aliphatic rings. The van der Waals surface area contributed by atoms with E-state index in [1.807, 2.05) is 0 Å². The number of rotatable bonds is 0. The molecule has 0 aromatic carbocycles. The maximum atomic E-state index is 14.2. The van der Waals surface area contributed by atoms with Gasteiger partial charge in [-0.05, 0) is 93.1 Å². The van der Waals surface area contributed by atoms with Gasteiger partial charge in [0.2, 0.25) is 0 Å². The van der Waals surface area contributed by atoms with Gasteiger partial charge in [-0.1, -0.05) is 39.3 Å². The zero-order valence-corrected chi connectivity index (χ0v) is 20.2. The number of hydrogen-bond donors (Lipinski definition) is 1. The molecule has 4 aliphatic carbocycles. The van der Waals surface area contributed by atoms with Gasteiger partial charge < -0.3 is 10.1 Å². The first-order valence-electron chi connectivity index (χ1n) is 13.1. The molecule has 31 heavy (non-hydrogen) atoms. The Hall–Kier alpha value is -0.930. The Balaban J connectivity index is 1.39. The highest BCUT2D eigenvalue weighted by Gasteiger charge is 2.63. The van der Waals surface area contributed by atoms with Crippen LogP contribution in [0.5, 0.6) is 0 Å². The zero-order chi connectivity index (χ0) is 21.7. The Kier molecular flexibility index (Phi) is 4.53. The third-order valence-corrected chi connectivity index (χ3v) is 10.9. The summed E-state index contributed by atoms with van der Waals surface area (Å²) in [7, 11) is 0. The molecular weight excluding hydrogens is 382 g/mol. The molecule has 0 aromatic heterocycles. The molecule has 0 amide bonds. The summed E-state index contributed by atoms with van der Waals surface area (Å²) in [5, 5.41) is 3.80. The molecule has 0 bridgehead atoms. The van der Waals surface area contributed by atoms with Gasteiger partial charge in [-0.25, -0.2) is 0 Å². The van der Waals surface area contributed by atoms with Gasteiger partial charge in [0.25, 0.3) is 0 Å². The molecule has 1 spiro atoms. The fourth-order valence-electron chi connectivity index (χ4n) is 9.13. The molecule has 4 fully saturated rings. The molecule has 170 valence electrons. The van der Waals surface area contributed by atoms with E-state index in [1.54, 1.807) is 5.57 Å². The van der Waals surface area contributed by atoms with Crippen molar-refractivity contribution in [2.45, 2.75) is 97.3 Å². The first-order chi connectivity index (χ1) is 14.8. The number of ketones is 1. The van der Waals surface area contributed by atoms with E-state index in [2.05, 4.69) is 46.0 Å². The van der Waals surface area contributed by atoms with Crippen LogP contribution in [-0.4, -0.2) is 30.1 Å². The van der Waals surface area contributed by atoms with Crippen molar-refractivity contribution in [2.24, 2.45) is 40.9 Å². The number of carbonyl (C=O) groups is 1. The number of fused-ring (bicyclic) bond motifs is 6. The van der Waals surface area contributed by atoms with Crippen molar-refractivity contribution >= 4 is 5.78 Å². The third kappa shape index (κ3) is 2.63. The summed E-state index contributed by atoms with van der Waals surface area (Å²) in [6, 6.07) is 0.438. The summed E-state index contributed by atoms with van der Waals surface area (Å²) in [6.07, 6.45) is 11.0. The standard InChI is InChI=1S/C28H41NO2/c1-15-8-10-27(5)19(12-15)6-7-21-20-9-11-28(17(3)23(20)26(30)24(21)27)18(4)25-22(31-28)13-16(2)14-29-25/h6,15-16,18,20-22,24-25,29H,7-14H2,1-5H3. The largest absolute Gasteiger partial charge is 0.365 e. The second-order valence-electron chi connectivity index (χ2n) is 12.5. The number of Topliss-reactive ketones (excluding diaryl/α,β-unsaturated/α-hetero) is 1. The number of allylic oxidation sites excluding steroid dienone is 3.